The Morgan fingerprint density at radius 1 is 1.33 bits per heavy atom. The van der Waals surface area contributed by atoms with Gasteiger partial charge < -0.3 is 15.4 Å². The minimum Gasteiger partial charge on any atom is -0.506 e. The van der Waals surface area contributed by atoms with Crippen molar-refractivity contribution in [2.24, 2.45) is 5.92 Å². The Bertz CT molecular complexity index is 1130. The molecule has 0 saturated heterocycles. The molecular weight excluding hydrogens is 360 g/mol. The van der Waals surface area contributed by atoms with Gasteiger partial charge >= 0.3 is 0 Å². The highest BCUT2D eigenvalue weighted by molar-refractivity contribution is 7.18. The van der Waals surface area contributed by atoms with Crippen LogP contribution >= 0.6 is 11.3 Å². The van der Waals surface area contributed by atoms with Crippen molar-refractivity contribution in [2.75, 3.05) is 5.32 Å². The number of aryl methyl sites for hydroxylation is 3. The fraction of sp³-hybridized carbons (Fsp3) is 0.333. The zero-order valence-electron chi connectivity index (χ0n) is 15.6. The van der Waals surface area contributed by atoms with Crippen LogP contribution in [0.15, 0.2) is 23.0 Å². The molecule has 140 valence electrons. The third kappa shape index (κ3) is 3.04. The number of hydrogen-bond donors (Lipinski definition) is 3. The SMILES string of the molecule is Cc1ccc(C)c(NC(=O)c2c(O)c3c4c(sc3[nH]c2=O)C[C@@H](C)CC4)c1. The van der Waals surface area contributed by atoms with Crippen LogP contribution in [-0.2, 0) is 12.8 Å². The van der Waals surface area contributed by atoms with Gasteiger partial charge in [0, 0.05) is 10.6 Å². The van der Waals surface area contributed by atoms with Crippen LogP contribution in [0.2, 0.25) is 0 Å². The average molecular weight is 382 g/mol. The van der Waals surface area contributed by atoms with E-state index in [1.807, 2.05) is 32.0 Å². The zero-order valence-corrected chi connectivity index (χ0v) is 16.4. The highest BCUT2D eigenvalue weighted by Gasteiger charge is 2.27. The summed E-state index contributed by atoms with van der Waals surface area (Å²) in [5.41, 5.74) is 2.83. The number of carbonyl (C=O) groups excluding carboxylic acids is 1. The first-order chi connectivity index (χ1) is 12.8. The normalized spacial score (nSPS) is 16.3. The van der Waals surface area contributed by atoms with E-state index in [-0.39, 0.29) is 11.3 Å². The molecule has 3 N–H and O–H groups in total. The number of anilines is 1. The number of H-pyrrole nitrogens is 1. The number of hydrogen-bond acceptors (Lipinski definition) is 4. The molecule has 2 heterocycles. The molecule has 0 unspecified atom stereocenters. The summed E-state index contributed by atoms with van der Waals surface area (Å²) in [5, 5.41) is 14.2. The molecule has 1 atom stereocenters. The Morgan fingerprint density at radius 3 is 2.89 bits per heavy atom. The molecule has 3 aromatic rings. The van der Waals surface area contributed by atoms with Gasteiger partial charge in [-0.1, -0.05) is 19.1 Å². The monoisotopic (exact) mass is 382 g/mol. The second-order valence-electron chi connectivity index (χ2n) is 7.51. The fourth-order valence-corrected chi connectivity index (χ4v) is 5.16. The van der Waals surface area contributed by atoms with Gasteiger partial charge in [0.25, 0.3) is 11.5 Å². The van der Waals surface area contributed by atoms with E-state index in [9.17, 15) is 14.7 Å². The van der Waals surface area contributed by atoms with Crippen molar-refractivity contribution in [3.8, 4) is 5.75 Å². The van der Waals surface area contributed by atoms with Crippen LogP contribution in [0.5, 0.6) is 5.75 Å². The minimum absolute atomic E-state index is 0.205. The lowest BCUT2D eigenvalue weighted by Gasteiger charge is -2.18. The van der Waals surface area contributed by atoms with Crippen LogP contribution in [0.25, 0.3) is 10.2 Å². The summed E-state index contributed by atoms with van der Waals surface area (Å²) < 4.78 is 0. The van der Waals surface area contributed by atoms with Gasteiger partial charge in [0.1, 0.15) is 16.1 Å². The van der Waals surface area contributed by atoms with E-state index < -0.39 is 11.5 Å². The Labute approximate surface area is 161 Å². The predicted octanol–water partition coefficient (Wildman–Crippen LogP) is 4.29. The molecule has 0 radical (unpaired) electrons. The van der Waals surface area contributed by atoms with Crippen molar-refractivity contribution in [3.05, 3.63) is 55.7 Å². The average Bonchev–Trinajstić information content (AvgIpc) is 2.95. The highest BCUT2D eigenvalue weighted by atomic mass is 32.1. The Balaban J connectivity index is 1.81. The summed E-state index contributed by atoms with van der Waals surface area (Å²) in [7, 11) is 0. The van der Waals surface area contributed by atoms with Gasteiger partial charge in [-0.2, -0.15) is 0 Å². The summed E-state index contributed by atoms with van der Waals surface area (Å²) in [6.45, 7) is 6.03. The van der Waals surface area contributed by atoms with Gasteiger partial charge in [-0.3, -0.25) is 9.59 Å². The number of fused-ring (bicyclic) bond motifs is 3. The summed E-state index contributed by atoms with van der Waals surface area (Å²) in [6, 6.07) is 5.72. The number of thiophene rings is 1. The van der Waals surface area contributed by atoms with Crippen LogP contribution in [0, 0.1) is 19.8 Å². The van der Waals surface area contributed by atoms with Crippen molar-refractivity contribution in [3.63, 3.8) is 0 Å². The lowest BCUT2D eigenvalue weighted by Crippen LogP contribution is -2.23. The second kappa shape index (κ2) is 6.53. The molecule has 0 saturated carbocycles. The number of pyridine rings is 1. The van der Waals surface area contributed by atoms with E-state index in [1.54, 1.807) is 0 Å². The molecule has 2 aromatic heterocycles. The van der Waals surface area contributed by atoms with Crippen molar-refractivity contribution in [1.82, 2.24) is 4.98 Å². The number of aromatic amines is 1. The van der Waals surface area contributed by atoms with Gasteiger partial charge in [0.05, 0.1) is 5.39 Å². The number of benzene rings is 1. The molecule has 1 amide bonds. The smallest absolute Gasteiger partial charge is 0.265 e. The molecule has 4 rings (SSSR count). The summed E-state index contributed by atoms with van der Waals surface area (Å²) >= 11 is 1.51. The first kappa shape index (κ1) is 17.8. The molecule has 0 bridgehead atoms. The number of aromatic hydroxyl groups is 1. The quantitative estimate of drug-likeness (QED) is 0.618. The van der Waals surface area contributed by atoms with E-state index in [0.29, 0.717) is 21.8 Å². The lowest BCUT2D eigenvalue weighted by molar-refractivity contribution is 0.102. The van der Waals surface area contributed by atoms with Gasteiger partial charge in [-0.15, -0.1) is 11.3 Å². The van der Waals surface area contributed by atoms with Crippen LogP contribution in [0.4, 0.5) is 5.69 Å². The van der Waals surface area contributed by atoms with E-state index in [4.69, 9.17) is 0 Å². The molecule has 1 aromatic carbocycles. The Morgan fingerprint density at radius 2 is 2.11 bits per heavy atom. The number of nitrogens with one attached hydrogen (secondary N) is 2. The van der Waals surface area contributed by atoms with Gasteiger partial charge in [0.2, 0.25) is 0 Å². The Hall–Kier alpha value is -2.60. The number of amides is 1. The minimum atomic E-state index is -0.589. The maximum absolute atomic E-state index is 12.8. The molecule has 0 spiro atoms. The number of carbonyl (C=O) groups is 1. The topological polar surface area (TPSA) is 82.2 Å². The number of rotatable bonds is 2. The van der Waals surface area contributed by atoms with Crippen molar-refractivity contribution < 1.29 is 9.90 Å². The molecule has 6 heteroatoms. The van der Waals surface area contributed by atoms with Gasteiger partial charge in [0.15, 0.2) is 0 Å². The van der Waals surface area contributed by atoms with E-state index in [0.717, 1.165) is 36.0 Å². The third-order valence-electron chi connectivity index (χ3n) is 5.31. The zero-order chi connectivity index (χ0) is 19.3. The first-order valence-corrected chi connectivity index (χ1v) is 9.95. The van der Waals surface area contributed by atoms with Crippen LogP contribution in [0.1, 0.15) is 45.3 Å². The molecule has 27 heavy (non-hydrogen) atoms. The lowest BCUT2D eigenvalue weighted by atomic mass is 9.89. The predicted molar refractivity (Wildman–Crippen MR) is 109 cm³/mol. The summed E-state index contributed by atoms with van der Waals surface area (Å²) in [4.78, 5) is 30.0. The molecule has 1 aliphatic rings. The second-order valence-corrected chi connectivity index (χ2v) is 8.61. The largest absolute Gasteiger partial charge is 0.506 e. The van der Waals surface area contributed by atoms with Gasteiger partial charge in [-0.05, 0) is 61.8 Å². The van der Waals surface area contributed by atoms with Crippen LogP contribution < -0.4 is 10.9 Å². The third-order valence-corrected chi connectivity index (χ3v) is 6.48. The summed E-state index contributed by atoms with van der Waals surface area (Å²) in [5.74, 6) is -0.205. The molecular formula is C21H22N2O3S. The Kier molecular flexibility index (Phi) is 4.30. The van der Waals surface area contributed by atoms with Gasteiger partial charge in [-0.25, -0.2) is 0 Å². The standard InChI is InChI=1S/C21H22N2O3S/c1-10-4-6-12(3)14(8-10)22-19(25)17-18(24)16-13-7-5-11(2)9-15(13)27-21(16)23-20(17)26/h4,6,8,11H,5,7,9H2,1-3H3,(H,22,25)(H2,23,24,26)/t11-/m0/s1. The van der Waals surface area contributed by atoms with Crippen molar-refractivity contribution in [1.29, 1.82) is 0 Å². The van der Waals surface area contributed by atoms with Crippen LogP contribution in [0.3, 0.4) is 0 Å². The van der Waals surface area contributed by atoms with E-state index >= 15 is 0 Å². The maximum atomic E-state index is 12.8. The molecule has 0 aliphatic heterocycles. The molecule has 1 aliphatic carbocycles. The maximum Gasteiger partial charge on any atom is 0.265 e. The van der Waals surface area contributed by atoms with Crippen LogP contribution in [-0.4, -0.2) is 16.0 Å². The summed E-state index contributed by atoms with van der Waals surface area (Å²) in [6.07, 6.45) is 2.84. The van der Waals surface area contributed by atoms with E-state index in [2.05, 4.69) is 17.2 Å². The molecule has 0 fully saturated rings. The van der Waals surface area contributed by atoms with E-state index in [1.165, 1.54) is 16.2 Å². The fourth-order valence-electron chi connectivity index (χ4n) is 3.75. The first-order valence-electron chi connectivity index (χ1n) is 9.13. The molecule has 5 nitrogen and oxygen atoms in total. The van der Waals surface area contributed by atoms with Crippen molar-refractivity contribution >= 4 is 33.1 Å². The number of aromatic nitrogens is 1. The van der Waals surface area contributed by atoms with Crippen molar-refractivity contribution in [2.45, 2.75) is 40.0 Å². The highest BCUT2D eigenvalue weighted by Crippen LogP contribution is 2.41.